The maximum atomic E-state index is 5.78. The molecule has 18 heavy (non-hydrogen) atoms. The van der Waals surface area contributed by atoms with Gasteiger partial charge in [0.05, 0.1) is 7.11 Å². The van der Waals surface area contributed by atoms with E-state index in [4.69, 9.17) is 10.5 Å². The first-order chi connectivity index (χ1) is 8.60. The molecule has 1 aromatic carbocycles. The SMILES string of the molecule is COc1cc(C)c(CNCC2(CN)CC2)cc1C. The van der Waals surface area contributed by atoms with E-state index in [1.165, 1.54) is 29.5 Å². The summed E-state index contributed by atoms with van der Waals surface area (Å²) in [5.41, 5.74) is 10.0. The van der Waals surface area contributed by atoms with Gasteiger partial charge in [0.2, 0.25) is 0 Å². The van der Waals surface area contributed by atoms with Crippen molar-refractivity contribution in [3.05, 3.63) is 28.8 Å². The van der Waals surface area contributed by atoms with Crippen molar-refractivity contribution in [3.8, 4) is 5.75 Å². The number of benzene rings is 1. The normalized spacial score (nSPS) is 16.7. The number of aryl methyl sites for hydroxylation is 2. The van der Waals surface area contributed by atoms with Crippen LogP contribution in [0.2, 0.25) is 0 Å². The summed E-state index contributed by atoms with van der Waals surface area (Å²) >= 11 is 0. The molecule has 1 fully saturated rings. The van der Waals surface area contributed by atoms with Crippen LogP contribution in [0.4, 0.5) is 0 Å². The van der Waals surface area contributed by atoms with Crippen LogP contribution >= 0.6 is 0 Å². The van der Waals surface area contributed by atoms with Crippen molar-refractivity contribution in [2.24, 2.45) is 11.1 Å². The van der Waals surface area contributed by atoms with Crippen LogP contribution in [0.5, 0.6) is 5.75 Å². The van der Waals surface area contributed by atoms with Gasteiger partial charge in [-0.1, -0.05) is 6.07 Å². The smallest absolute Gasteiger partial charge is 0.122 e. The van der Waals surface area contributed by atoms with Gasteiger partial charge in [0, 0.05) is 13.1 Å². The second-order valence-electron chi connectivity index (χ2n) is 5.56. The number of ether oxygens (including phenoxy) is 1. The molecule has 100 valence electrons. The fraction of sp³-hybridized carbons (Fsp3) is 0.600. The van der Waals surface area contributed by atoms with Crippen LogP contribution < -0.4 is 15.8 Å². The molecule has 0 atom stereocenters. The fourth-order valence-electron chi connectivity index (χ4n) is 2.35. The number of hydrogen-bond acceptors (Lipinski definition) is 3. The Labute approximate surface area is 110 Å². The third kappa shape index (κ3) is 2.85. The number of nitrogens with one attached hydrogen (secondary N) is 1. The first-order valence-electron chi connectivity index (χ1n) is 6.65. The van der Waals surface area contributed by atoms with Gasteiger partial charge in [-0.05, 0) is 61.4 Å². The molecular formula is C15H24N2O. The highest BCUT2D eigenvalue weighted by Crippen LogP contribution is 2.43. The van der Waals surface area contributed by atoms with E-state index in [1.807, 2.05) is 0 Å². The molecule has 0 unspecified atom stereocenters. The van der Waals surface area contributed by atoms with E-state index in [-0.39, 0.29) is 0 Å². The quantitative estimate of drug-likeness (QED) is 0.811. The van der Waals surface area contributed by atoms with Crippen molar-refractivity contribution in [3.63, 3.8) is 0 Å². The minimum atomic E-state index is 0.398. The van der Waals surface area contributed by atoms with Crippen molar-refractivity contribution < 1.29 is 4.74 Å². The lowest BCUT2D eigenvalue weighted by Crippen LogP contribution is -2.29. The Morgan fingerprint density at radius 3 is 2.56 bits per heavy atom. The lowest BCUT2D eigenvalue weighted by molar-refractivity contribution is 0.411. The molecule has 1 aromatic rings. The largest absolute Gasteiger partial charge is 0.496 e. The fourth-order valence-corrected chi connectivity index (χ4v) is 2.35. The van der Waals surface area contributed by atoms with Crippen LogP contribution in [-0.4, -0.2) is 20.2 Å². The Bertz CT molecular complexity index is 425. The average molecular weight is 248 g/mol. The molecule has 1 aliphatic carbocycles. The maximum Gasteiger partial charge on any atom is 0.122 e. The molecule has 0 saturated heterocycles. The number of hydrogen-bond donors (Lipinski definition) is 2. The van der Waals surface area contributed by atoms with Crippen molar-refractivity contribution in [2.45, 2.75) is 33.2 Å². The Kier molecular flexibility index (Phi) is 3.93. The molecule has 0 aromatic heterocycles. The predicted octanol–water partition coefficient (Wildman–Crippen LogP) is 2.14. The van der Waals surface area contributed by atoms with Crippen molar-refractivity contribution in [2.75, 3.05) is 20.2 Å². The molecule has 0 spiro atoms. The molecule has 3 heteroatoms. The second kappa shape index (κ2) is 5.29. The van der Waals surface area contributed by atoms with Gasteiger partial charge in [-0.25, -0.2) is 0 Å². The van der Waals surface area contributed by atoms with Gasteiger partial charge in [0.15, 0.2) is 0 Å². The third-order valence-electron chi connectivity index (χ3n) is 4.06. The first-order valence-corrected chi connectivity index (χ1v) is 6.65. The standard InChI is InChI=1S/C15H24N2O/c1-11-7-14(18-3)12(2)6-13(11)8-17-10-15(9-16)4-5-15/h6-7,17H,4-5,8-10,16H2,1-3H3. The summed E-state index contributed by atoms with van der Waals surface area (Å²) in [4.78, 5) is 0. The van der Waals surface area contributed by atoms with E-state index in [1.54, 1.807) is 7.11 Å². The number of methoxy groups -OCH3 is 1. The summed E-state index contributed by atoms with van der Waals surface area (Å²) in [7, 11) is 1.72. The zero-order chi connectivity index (χ0) is 13.2. The molecule has 0 aliphatic heterocycles. The van der Waals surface area contributed by atoms with Gasteiger partial charge in [-0.2, -0.15) is 0 Å². The topological polar surface area (TPSA) is 47.3 Å². The highest BCUT2D eigenvalue weighted by molar-refractivity contribution is 5.41. The highest BCUT2D eigenvalue weighted by Gasteiger charge is 2.40. The molecule has 3 N–H and O–H groups in total. The molecule has 1 saturated carbocycles. The Balaban J connectivity index is 1.95. The van der Waals surface area contributed by atoms with Gasteiger partial charge in [-0.15, -0.1) is 0 Å². The number of rotatable bonds is 6. The zero-order valence-electron chi connectivity index (χ0n) is 11.7. The zero-order valence-corrected chi connectivity index (χ0v) is 11.7. The molecule has 3 nitrogen and oxygen atoms in total. The minimum Gasteiger partial charge on any atom is -0.496 e. The van der Waals surface area contributed by atoms with Crippen molar-refractivity contribution in [1.82, 2.24) is 5.32 Å². The van der Waals surface area contributed by atoms with E-state index in [0.29, 0.717) is 5.41 Å². The van der Waals surface area contributed by atoms with Crippen LogP contribution in [0.1, 0.15) is 29.5 Å². The third-order valence-corrected chi connectivity index (χ3v) is 4.06. The Morgan fingerprint density at radius 1 is 1.28 bits per heavy atom. The van der Waals surface area contributed by atoms with E-state index < -0.39 is 0 Å². The lowest BCUT2D eigenvalue weighted by atomic mass is 10.0. The van der Waals surface area contributed by atoms with E-state index in [2.05, 4.69) is 31.3 Å². The monoisotopic (exact) mass is 248 g/mol. The summed E-state index contributed by atoms with van der Waals surface area (Å²) in [6.45, 7) is 6.98. The molecular weight excluding hydrogens is 224 g/mol. The molecule has 0 bridgehead atoms. The Hall–Kier alpha value is -1.06. The van der Waals surface area contributed by atoms with Crippen LogP contribution in [0.3, 0.4) is 0 Å². The molecule has 2 rings (SSSR count). The van der Waals surface area contributed by atoms with Gasteiger partial charge in [0.25, 0.3) is 0 Å². The summed E-state index contributed by atoms with van der Waals surface area (Å²) in [6.07, 6.45) is 2.55. The van der Waals surface area contributed by atoms with Crippen LogP contribution in [-0.2, 0) is 6.54 Å². The molecule has 0 radical (unpaired) electrons. The van der Waals surface area contributed by atoms with E-state index in [9.17, 15) is 0 Å². The van der Waals surface area contributed by atoms with Gasteiger partial charge in [-0.3, -0.25) is 0 Å². The van der Waals surface area contributed by atoms with Crippen molar-refractivity contribution >= 4 is 0 Å². The predicted molar refractivity (Wildman–Crippen MR) is 74.9 cm³/mol. The number of nitrogens with two attached hydrogens (primary N) is 1. The van der Waals surface area contributed by atoms with E-state index >= 15 is 0 Å². The lowest BCUT2D eigenvalue weighted by Gasteiger charge is -2.15. The molecule has 0 amide bonds. The van der Waals surface area contributed by atoms with Gasteiger partial charge < -0.3 is 15.8 Å². The van der Waals surface area contributed by atoms with Crippen LogP contribution in [0.25, 0.3) is 0 Å². The van der Waals surface area contributed by atoms with Gasteiger partial charge in [0.1, 0.15) is 5.75 Å². The molecule has 1 aliphatic rings. The first kappa shape index (κ1) is 13.4. The summed E-state index contributed by atoms with van der Waals surface area (Å²) in [5.74, 6) is 0.969. The summed E-state index contributed by atoms with van der Waals surface area (Å²) in [5, 5.41) is 3.54. The maximum absolute atomic E-state index is 5.78. The summed E-state index contributed by atoms with van der Waals surface area (Å²) < 4.78 is 5.33. The van der Waals surface area contributed by atoms with Gasteiger partial charge >= 0.3 is 0 Å². The molecule has 0 heterocycles. The summed E-state index contributed by atoms with van der Waals surface area (Å²) in [6, 6.07) is 4.32. The van der Waals surface area contributed by atoms with Crippen LogP contribution in [0, 0.1) is 19.3 Å². The highest BCUT2D eigenvalue weighted by atomic mass is 16.5. The minimum absolute atomic E-state index is 0.398. The average Bonchev–Trinajstić information content (AvgIpc) is 3.13. The van der Waals surface area contributed by atoms with E-state index in [0.717, 1.165) is 25.4 Å². The van der Waals surface area contributed by atoms with Crippen LogP contribution in [0.15, 0.2) is 12.1 Å². The Morgan fingerprint density at radius 2 is 2.00 bits per heavy atom. The van der Waals surface area contributed by atoms with Crippen molar-refractivity contribution in [1.29, 1.82) is 0 Å². The second-order valence-corrected chi connectivity index (χ2v) is 5.56.